The number of benzene rings is 1. The van der Waals surface area contributed by atoms with Gasteiger partial charge in [-0.05, 0) is 42.7 Å². The molecule has 2 aliphatic rings. The number of hydrogen-bond acceptors (Lipinski definition) is 3. The molecule has 0 amide bonds. The van der Waals surface area contributed by atoms with Crippen molar-refractivity contribution in [1.82, 2.24) is 0 Å². The Hall–Kier alpha value is -1.64. The van der Waals surface area contributed by atoms with Gasteiger partial charge in [0.15, 0.2) is 11.5 Å². The molecule has 3 nitrogen and oxygen atoms in total. The second-order valence-corrected chi connectivity index (χ2v) is 5.49. The first-order valence-corrected chi connectivity index (χ1v) is 6.94. The van der Waals surface area contributed by atoms with E-state index in [1.807, 2.05) is 18.2 Å². The zero-order valence-electron chi connectivity index (χ0n) is 11.6. The number of hydrogen-bond donors (Lipinski definition) is 1. The molecule has 1 saturated carbocycles. The van der Waals surface area contributed by atoms with E-state index in [9.17, 15) is 0 Å². The number of anilines is 1. The summed E-state index contributed by atoms with van der Waals surface area (Å²) in [5.41, 5.74) is 1.10. The minimum Gasteiger partial charge on any atom is -0.493 e. The summed E-state index contributed by atoms with van der Waals surface area (Å²) in [6, 6.07) is 5.99. The number of methoxy groups -OCH3 is 2. The molecule has 0 saturated heterocycles. The smallest absolute Gasteiger partial charge is 0.162 e. The Labute approximate surface area is 114 Å². The van der Waals surface area contributed by atoms with Crippen LogP contribution in [0.15, 0.2) is 30.4 Å². The Balaban J connectivity index is 1.62. The van der Waals surface area contributed by atoms with Crippen molar-refractivity contribution in [3.63, 3.8) is 0 Å². The van der Waals surface area contributed by atoms with Crippen molar-refractivity contribution in [2.24, 2.45) is 17.8 Å². The summed E-state index contributed by atoms with van der Waals surface area (Å²) < 4.78 is 10.6. The molecule has 0 radical (unpaired) electrons. The van der Waals surface area contributed by atoms with Crippen molar-refractivity contribution in [2.75, 3.05) is 26.1 Å². The lowest BCUT2D eigenvalue weighted by molar-refractivity contribution is 0.355. The van der Waals surface area contributed by atoms with Crippen LogP contribution >= 0.6 is 0 Å². The normalized spacial score (nSPS) is 27.6. The lowest BCUT2D eigenvalue weighted by atomic mass is 9.93. The van der Waals surface area contributed by atoms with Crippen molar-refractivity contribution in [3.05, 3.63) is 30.4 Å². The van der Waals surface area contributed by atoms with E-state index in [4.69, 9.17) is 9.47 Å². The van der Waals surface area contributed by atoms with Crippen molar-refractivity contribution in [1.29, 1.82) is 0 Å². The molecule has 3 atom stereocenters. The molecule has 3 heteroatoms. The summed E-state index contributed by atoms with van der Waals surface area (Å²) in [6.07, 6.45) is 7.48. The Bertz CT molecular complexity index is 484. The lowest BCUT2D eigenvalue weighted by Gasteiger charge is -2.19. The summed E-state index contributed by atoms with van der Waals surface area (Å²) in [6.45, 7) is 1.04. The van der Waals surface area contributed by atoms with E-state index in [2.05, 4.69) is 17.5 Å². The molecule has 102 valence electrons. The van der Waals surface area contributed by atoms with Gasteiger partial charge in [0.1, 0.15) is 0 Å². The summed E-state index contributed by atoms with van der Waals surface area (Å²) in [7, 11) is 3.33. The second-order valence-electron chi connectivity index (χ2n) is 5.49. The fourth-order valence-electron chi connectivity index (χ4n) is 3.32. The summed E-state index contributed by atoms with van der Waals surface area (Å²) in [5.74, 6) is 3.96. The molecule has 3 unspecified atom stereocenters. The number of ether oxygens (including phenoxy) is 2. The van der Waals surface area contributed by atoms with Crippen LogP contribution in [0.25, 0.3) is 0 Å². The number of allylic oxidation sites excluding steroid dienone is 2. The topological polar surface area (TPSA) is 30.5 Å². The number of rotatable bonds is 5. The highest BCUT2D eigenvalue weighted by atomic mass is 16.5. The summed E-state index contributed by atoms with van der Waals surface area (Å²) >= 11 is 0. The van der Waals surface area contributed by atoms with Crippen LogP contribution in [0.5, 0.6) is 11.5 Å². The van der Waals surface area contributed by atoms with Crippen LogP contribution in [0.2, 0.25) is 0 Å². The highest BCUT2D eigenvalue weighted by Gasteiger charge is 2.35. The molecule has 0 spiro atoms. The van der Waals surface area contributed by atoms with Crippen molar-refractivity contribution in [2.45, 2.75) is 12.8 Å². The van der Waals surface area contributed by atoms with Crippen LogP contribution in [0.3, 0.4) is 0 Å². The fourth-order valence-corrected chi connectivity index (χ4v) is 3.32. The molecule has 0 aromatic heterocycles. The average Bonchev–Trinajstić information content (AvgIpc) is 3.07. The van der Waals surface area contributed by atoms with E-state index in [1.165, 1.54) is 12.8 Å². The predicted octanol–water partition coefficient (Wildman–Crippen LogP) is 3.33. The molecule has 19 heavy (non-hydrogen) atoms. The van der Waals surface area contributed by atoms with E-state index in [1.54, 1.807) is 14.2 Å². The third kappa shape index (κ3) is 2.42. The lowest BCUT2D eigenvalue weighted by Crippen LogP contribution is -2.18. The predicted molar refractivity (Wildman–Crippen MR) is 76.9 cm³/mol. The summed E-state index contributed by atoms with van der Waals surface area (Å²) in [5, 5.41) is 3.53. The standard InChI is InChI=1S/C16H21NO2/c1-18-15-6-5-14(9-16(15)19-2)17-10-13-8-11-3-4-12(13)7-11/h3-6,9,11-13,17H,7-8,10H2,1-2H3. The van der Waals surface area contributed by atoms with E-state index < -0.39 is 0 Å². The van der Waals surface area contributed by atoms with Gasteiger partial charge in [-0.3, -0.25) is 0 Å². The maximum atomic E-state index is 5.32. The van der Waals surface area contributed by atoms with E-state index in [0.29, 0.717) is 0 Å². The van der Waals surface area contributed by atoms with E-state index in [-0.39, 0.29) is 0 Å². The molecule has 0 aliphatic heterocycles. The molecular formula is C16H21NO2. The highest BCUT2D eigenvalue weighted by molar-refractivity contribution is 5.54. The van der Waals surface area contributed by atoms with Crippen molar-refractivity contribution in [3.8, 4) is 11.5 Å². The van der Waals surface area contributed by atoms with Gasteiger partial charge < -0.3 is 14.8 Å². The molecule has 1 aromatic carbocycles. The van der Waals surface area contributed by atoms with Crippen LogP contribution in [0.4, 0.5) is 5.69 Å². The molecule has 3 rings (SSSR count). The van der Waals surface area contributed by atoms with Gasteiger partial charge in [0.05, 0.1) is 14.2 Å². The van der Waals surface area contributed by atoms with Gasteiger partial charge in [-0.2, -0.15) is 0 Å². The highest BCUT2D eigenvalue weighted by Crippen LogP contribution is 2.43. The number of fused-ring (bicyclic) bond motifs is 2. The third-order valence-corrected chi connectivity index (χ3v) is 4.37. The first-order chi connectivity index (χ1) is 9.30. The molecule has 0 heterocycles. The quantitative estimate of drug-likeness (QED) is 0.823. The van der Waals surface area contributed by atoms with E-state index >= 15 is 0 Å². The first-order valence-electron chi connectivity index (χ1n) is 6.94. The van der Waals surface area contributed by atoms with Crippen molar-refractivity contribution >= 4 is 5.69 Å². The SMILES string of the molecule is COc1ccc(NCC2CC3C=CC2C3)cc1OC. The van der Waals surface area contributed by atoms with Crippen LogP contribution in [0, 0.1) is 17.8 Å². The van der Waals surface area contributed by atoms with Gasteiger partial charge in [0.25, 0.3) is 0 Å². The van der Waals surface area contributed by atoms with Crippen LogP contribution in [-0.2, 0) is 0 Å². The monoisotopic (exact) mass is 259 g/mol. The Morgan fingerprint density at radius 1 is 1.11 bits per heavy atom. The minimum atomic E-state index is 0.774. The van der Waals surface area contributed by atoms with Gasteiger partial charge in [0, 0.05) is 18.3 Å². The van der Waals surface area contributed by atoms with Crippen molar-refractivity contribution < 1.29 is 9.47 Å². The first kappa shape index (κ1) is 12.4. The zero-order valence-corrected chi connectivity index (χ0v) is 11.6. The molecule has 1 N–H and O–H groups in total. The minimum absolute atomic E-state index is 0.774. The molecule has 2 aliphatic carbocycles. The van der Waals surface area contributed by atoms with Gasteiger partial charge in [-0.1, -0.05) is 12.2 Å². The van der Waals surface area contributed by atoms with Crippen LogP contribution in [0.1, 0.15) is 12.8 Å². The maximum absolute atomic E-state index is 5.32. The van der Waals surface area contributed by atoms with Gasteiger partial charge in [0.2, 0.25) is 0 Å². The van der Waals surface area contributed by atoms with E-state index in [0.717, 1.165) is 41.5 Å². The summed E-state index contributed by atoms with van der Waals surface area (Å²) in [4.78, 5) is 0. The molecule has 1 fully saturated rings. The van der Waals surface area contributed by atoms with Gasteiger partial charge in [-0.15, -0.1) is 0 Å². The van der Waals surface area contributed by atoms with Gasteiger partial charge >= 0.3 is 0 Å². The zero-order chi connectivity index (χ0) is 13.2. The molecule has 1 aromatic rings. The Morgan fingerprint density at radius 3 is 2.58 bits per heavy atom. The van der Waals surface area contributed by atoms with Gasteiger partial charge in [-0.25, -0.2) is 0 Å². The fraction of sp³-hybridized carbons (Fsp3) is 0.500. The second kappa shape index (κ2) is 5.16. The molecule has 2 bridgehead atoms. The Morgan fingerprint density at radius 2 is 1.95 bits per heavy atom. The van der Waals surface area contributed by atoms with Crippen LogP contribution in [-0.4, -0.2) is 20.8 Å². The molecular weight excluding hydrogens is 238 g/mol. The van der Waals surface area contributed by atoms with Crippen LogP contribution < -0.4 is 14.8 Å². The average molecular weight is 259 g/mol. The third-order valence-electron chi connectivity index (χ3n) is 4.37. The maximum Gasteiger partial charge on any atom is 0.162 e. The largest absolute Gasteiger partial charge is 0.493 e. The Kier molecular flexibility index (Phi) is 3.36. The number of nitrogens with one attached hydrogen (secondary N) is 1.